The minimum Gasteiger partial charge on any atom is -0.462 e. The van der Waals surface area contributed by atoms with Crippen molar-refractivity contribution in [1.29, 1.82) is 0 Å². The molecule has 5 heteroatoms. The van der Waals surface area contributed by atoms with Crippen LogP contribution in [-0.2, 0) is 19.1 Å². The van der Waals surface area contributed by atoms with E-state index in [9.17, 15) is 14.7 Å². The number of hydrogen-bond donors (Lipinski definition) is 1. The molecule has 0 amide bonds. The number of aliphatic hydroxyl groups excluding tert-OH is 1. The average Bonchev–Trinajstić information content (AvgIpc) is 3.49. The topological polar surface area (TPSA) is 72.8 Å². The van der Waals surface area contributed by atoms with Gasteiger partial charge in [0.1, 0.15) is 6.61 Å². The van der Waals surface area contributed by atoms with Crippen LogP contribution in [0.4, 0.5) is 0 Å². The van der Waals surface area contributed by atoms with Crippen molar-refractivity contribution in [1.82, 2.24) is 0 Å². The van der Waals surface area contributed by atoms with Gasteiger partial charge in [-0.1, -0.05) is 389 Å². The molecule has 0 aliphatic rings. The average molecular weight is 1150 g/mol. The van der Waals surface area contributed by atoms with Crippen molar-refractivity contribution in [2.24, 2.45) is 0 Å². The summed E-state index contributed by atoms with van der Waals surface area (Å²) in [5.41, 5.74) is 0. The van der Waals surface area contributed by atoms with Gasteiger partial charge in [0.05, 0.1) is 6.61 Å². The highest BCUT2D eigenvalue weighted by molar-refractivity contribution is 5.70. The van der Waals surface area contributed by atoms with Gasteiger partial charge in [-0.2, -0.15) is 0 Å². The molecule has 0 aliphatic heterocycles. The minimum absolute atomic E-state index is 0.0595. The first-order valence-corrected chi connectivity index (χ1v) is 36.8. The first kappa shape index (κ1) is 79.6. The second kappa shape index (κ2) is 72.9. The summed E-state index contributed by atoms with van der Waals surface area (Å²) in [5, 5.41) is 9.71. The van der Waals surface area contributed by atoms with Crippen molar-refractivity contribution < 1.29 is 24.2 Å². The Hall–Kier alpha value is -2.40. The molecule has 0 saturated carbocycles. The summed E-state index contributed by atoms with van der Waals surface area (Å²) in [6, 6.07) is 0. The molecule has 0 spiro atoms. The SMILES string of the molecule is CC/C=C\C/C=C\C/C=C\C/C=C\C/C=C\CCCCCCCCCCCCCCCCCCCCCCCC(=O)OC(CO)COC(=O)CCCCCCCCCCCCCCCCCCCCCCCCCCCCCCCCC. The Balaban J connectivity index is 3.38. The van der Waals surface area contributed by atoms with Crippen molar-refractivity contribution in [3.63, 3.8) is 0 Å². The van der Waals surface area contributed by atoms with Gasteiger partial charge in [0.2, 0.25) is 0 Å². The molecule has 0 rings (SSSR count). The van der Waals surface area contributed by atoms with E-state index in [0.717, 1.165) is 64.2 Å². The van der Waals surface area contributed by atoms with Gasteiger partial charge in [0, 0.05) is 12.8 Å². The van der Waals surface area contributed by atoms with Gasteiger partial charge < -0.3 is 14.6 Å². The predicted molar refractivity (Wildman–Crippen MR) is 362 cm³/mol. The van der Waals surface area contributed by atoms with E-state index in [1.54, 1.807) is 0 Å². The zero-order valence-electron chi connectivity index (χ0n) is 55.3. The van der Waals surface area contributed by atoms with Crippen LogP contribution < -0.4 is 0 Å². The lowest BCUT2D eigenvalue weighted by Gasteiger charge is -2.15. The van der Waals surface area contributed by atoms with Crippen molar-refractivity contribution in [3.05, 3.63) is 60.8 Å². The summed E-state index contributed by atoms with van der Waals surface area (Å²) in [4.78, 5) is 24.7. The summed E-state index contributed by atoms with van der Waals surface area (Å²) < 4.78 is 10.8. The molecule has 480 valence electrons. The molecule has 0 bridgehead atoms. The van der Waals surface area contributed by atoms with Gasteiger partial charge in [-0.3, -0.25) is 9.59 Å². The van der Waals surface area contributed by atoms with Crippen LogP contribution in [0.15, 0.2) is 60.8 Å². The van der Waals surface area contributed by atoms with Crippen molar-refractivity contribution >= 4 is 11.9 Å². The molecule has 1 unspecified atom stereocenters. The third-order valence-electron chi connectivity index (χ3n) is 16.8. The molecular formula is C77H142O5. The fourth-order valence-corrected chi connectivity index (χ4v) is 11.4. The maximum Gasteiger partial charge on any atom is 0.306 e. The fourth-order valence-electron chi connectivity index (χ4n) is 11.4. The maximum absolute atomic E-state index is 12.4. The Bertz CT molecular complexity index is 1390. The van der Waals surface area contributed by atoms with Gasteiger partial charge in [-0.15, -0.1) is 0 Å². The van der Waals surface area contributed by atoms with Crippen LogP contribution in [0, 0.1) is 0 Å². The lowest BCUT2D eigenvalue weighted by molar-refractivity contribution is -0.161. The molecule has 0 aromatic carbocycles. The number of esters is 2. The number of carbonyl (C=O) groups excluding carboxylic acids is 2. The Morgan fingerprint density at radius 2 is 0.524 bits per heavy atom. The number of hydrogen-bond acceptors (Lipinski definition) is 5. The molecule has 0 aliphatic carbocycles. The number of allylic oxidation sites excluding steroid dienone is 10. The monoisotopic (exact) mass is 1150 g/mol. The lowest BCUT2D eigenvalue weighted by atomic mass is 10.0. The molecule has 1 atom stereocenters. The zero-order chi connectivity index (χ0) is 59.1. The van der Waals surface area contributed by atoms with Crippen molar-refractivity contribution in [2.45, 2.75) is 405 Å². The fraction of sp³-hybridized carbons (Fsp3) is 0.844. The van der Waals surface area contributed by atoms with Crippen LogP contribution in [0.3, 0.4) is 0 Å². The highest BCUT2D eigenvalue weighted by Gasteiger charge is 2.16. The summed E-state index contributed by atoms with van der Waals surface area (Å²) in [6.07, 6.45) is 100.0. The molecule has 1 N–H and O–H groups in total. The van der Waals surface area contributed by atoms with Gasteiger partial charge in [-0.25, -0.2) is 0 Å². The molecule has 0 heterocycles. The van der Waals surface area contributed by atoms with E-state index in [1.807, 2.05) is 0 Å². The molecule has 0 fully saturated rings. The molecule has 82 heavy (non-hydrogen) atoms. The van der Waals surface area contributed by atoms with Gasteiger partial charge >= 0.3 is 11.9 Å². The van der Waals surface area contributed by atoms with E-state index in [-0.39, 0.29) is 25.2 Å². The van der Waals surface area contributed by atoms with Crippen molar-refractivity contribution in [2.75, 3.05) is 13.2 Å². The Labute approximate surface area is 512 Å². The second-order valence-electron chi connectivity index (χ2n) is 25.0. The number of carbonyl (C=O) groups is 2. The van der Waals surface area contributed by atoms with E-state index in [1.165, 1.54) is 308 Å². The summed E-state index contributed by atoms with van der Waals surface area (Å²) in [5.74, 6) is -0.565. The zero-order valence-corrected chi connectivity index (χ0v) is 55.3. The van der Waals surface area contributed by atoms with Crippen LogP contribution >= 0.6 is 0 Å². The van der Waals surface area contributed by atoms with Crippen LogP contribution in [-0.4, -0.2) is 36.4 Å². The van der Waals surface area contributed by atoms with Gasteiger partial charge in [0.25, 0.3) is 0 Å². The van der Waals surface area contributed by atoms with Crippen LogP contribution in [0.2, 0.25) is 0 Å². The minimum atomic E-state index is -0.771. The van der Waals surface area contributed by atoms with Crippen LogP contribution in [0.1, 0.15) is 399 Å². The van der Waals surface area contributed by atoms with E-state index in [4.69, 9.17) is 9.47 Å². The molecule has 0 radical (unpaired) electrons. The predicted octanol–water partition coefficient (Wildman–Crippen LogP) is 25.7. The Morgan fingerprint density at radius 1 is 0.293 bits per heavy atom. The molecule has 5 nitrogen and oxygen atoms in total. The number of unbranched alkanes of at least 4 members (excludes halogenated alkanes) is 51. The summed E-state index contributed by atoms with van der Waals surface area (Å²) in [6.45, 7) is 4.09. The van der Waals surface area contributed by atoms with E-state index >= 15 is 0 Å². The van der Waals surface area contributed by atoms with Crippen LogP contribution in [0.25, 0.3) is 0 Å². The smallest absolute Gasteiger partial charge is 0.306 e. The first-order valence-electron chi connectivity index (χ1n) is 36.8. The second-order valence-corrected chi connectivity index (χ2v) is 25.0. The van der Waals surface area contributed by atoms with Crippen LogP contribution in [0.5, 0.6) is 0 Å². The standard InChI is InChI=1S/C77H142O5/c1-3-5-7-9-11-13-15-17-19-21-23-25-27-29-31-33-35-36-37-38-39-40-42-44-46-48-50-52-54-56-58-60-62-64-66-68-70-72-77(80)82-75(73-78)74-81-76(79)71-69-67-65-63-61-59-57-55-53-51-49-47-45-43-41-34-32-30-28-26-24-22-20-18-16-14-12-10-8-6-4-2/h5,7,11,13,17,19,23,25,29,31,75,78H,3-4,6,8-10,12,14-16,18,20-22,24,26-28,30,32-74H2,1-2H3/b7-5-,13-11-,19-17-,25-23-,31-29-. The normalized spacial score (nSPS) is 12.5. The van der Waals surface area contributed by atoms with E-state index in [0.29, 0.717) is 12.8 Å². The molecular weight excluding hydrogens is 1000 g/mol. The quantitative estimate of drug-likeness (QED) is 0.0373. The largest absolute Gasteiger partial charge is 0.462 e. The Morgan fingerprint density at radius 3 is 0.793 bits per heavy atom. The first-order chi connectivity index (χ1) is 40.6. The molecule has 0 saturated heterocycles. The van der Waals surface area contributed by atoms with Gasteiger partial charge in [-0.05, 0) is 57.8 Å². The number of ether oxygens (including phenoxy) is 2. The highest BCUT2D eigenvalue weighted by atomic mass is 16.6. The number of aliphatic hydroxyl groups is 1. The molecule has 0 aromatic rings. The summed E-state index contributed by atoms with van der Waals surface area (Å²) in [7, 11) is 0. The Kier molecular flexibility index (Phi) is 70.7. The maximum atomic E-state index is 12.4. The van der Waals surface area contributed by atoms with E-state index in [2.05, 4.69) is 74.6 Å². The molecule has 0 aromatic heterocycles. The van der Waals surface area contributed by atoms with Gasteiger partial charge in [0.15, 0.2) is 6.10 Å². The third-order valence-corrected chi connectivity index (χ3v) is 16.8. The van der Waals surface area contributed by atoms with Crippen molar-refractivity contribution in [3.8, 4) is 0 Å². The van der Waals surface area contributed by atoms with E-state index < -0.39 is 6.10 Å². The lowest BCUT2D eigenvalue weighted by Crippen LogP contribution is -2.28. The summed E-state index contributed by atoms with van der Waals surface area (Å²) >= 11 is 0. The number of rotatable bonds is 69. The highest BCUT2D eigenvalue weighted by Crippen LogP contribution is 2.19. The third kappa shape index (κ3) is 70.1.